The van der Waals surface area contributed by atoms with Crippen LogP contribution in [0.1, 0.15) is 48.0 Å². The van der Waals surface area contributed by atoms with Crippen LogP contribution in [0.15, 0.2) is 72.6 Å². The largest absolute Gasteiger partial charge is 0.493 e. The van der Waals surface area contributed by atoms with E-state index in [4.69, 9.17) is 14.5 Å². The molecule has 242 valence electrons. The smallest absolute Gasteiger partial charge is 0.255 e. The number of carbonyl (C=O) groups is 1. The van der Waals surface area contributed by atoms with Crippen molar-refractivity contribution in [3.63, 3.8) is 0 Å². The number of pyridine rings is 1. The van der Waals surface area contributed by atoms with Crippen LogP contribution in [0.5, 0.6) is 11.5 Å². The summed E-state index contributed by atoms with van der Waals surface area (Å²) in [5.41, 5.74) is 3.89. The lowest BCUT2D eigenvalue weighted by atomic mass is 10.1. The maximum atomic E-state index is 13.6. The molecule has 0 unspecified atom stereocenters. The third-order valence-electron chi connectivity index (χ3n) is 9.37. The third kappa shape index (κ3) is 6.09. The Morgan fingerprint density at radius 2 is 1.89 bits per heavy atom. The van der Waals surface area contributed by atoms with Gasteiger partial charge in [-0.1, -0.05) is 18.2 Å². The van der Waals surface area contributed by atoms with Crippen molar-refractivity contribution in [2.45, 2.75) is 38.1 Å². The predicted octanol–water partition coefficient (Wildman–Crippen LogP) is 5.87. The summed E-state index contributed by atoms with van der Waals surface area (Å²) in [5.74, 6) is 4.67. The van der Waals surface area contributed by atoms with Gasteiger partial charge in [-0.25, -0.2) is 14.2 Å². The molecular formula is C37H38FN5O4. The number of carbonyl (C=O) groups excluding carboxylic acids is 2. The van der Waals surface area contributed by atoms with Crippen molar-refractivity contribution in [3.8, 4) is 22.9 Å². The number of amides is 1. The Balaban J connectivity index is 0.933. The fraction of sp³-hybridized carbons (Fsp3) is 0.351. The molecule has 2 fully saturated rings. The number of imidazole rings is 1. The third-order valence-corrected chi connectivity index (χ3v) is 9.37. The Morgan fingerprint density at radius 1 is 1.02 bits per heavy atom. The first-order chi connectivity index (χ1) is 23.0. The molecule has 7 rings (SSSR count). The Hall–Kier alpha value is -5.08. The minimum Gasteiger partial charge on any atom is -0.493 e. The van der Waals surface area contributed by atoms with Crippen LogP contribution in [-0.2, 0) is 4.79 Å². The highest BCUT2D eigenvalue weighted by molar-refractivity contribution is 6.00. The van der Waals surface area contributed by atoms with E-state index in [1.807, 2.05) is 45.8 Å². The summed E-state index contributed by atoms with van der Waals surface area (Å²) in [6, 6.07) is 16.1. The van der Waals surface area contributed by atoms with Crippen molar-refractivity contribution in [2.75, 3.05) is 51.3 Å². The molecule has 1 atom stereocenters. The molecular weight excluding hydrogens is 597 g/mol. The van der Waals surface area contributed by atoms with E-state index in [0.29, 0.717) is 49.0 Å². The number of aromatic nitrogens is 2. The van der Waals surface area contributed by atoms with E-state index in [0.717, 1.165) is 73.5 Å². The second kappa shape index (κ2) is 13.3. The number of ether oxygens (including phenoxy) is 2. The summed E-state index contributed by atoms with van der Waals surface area (Å²) in [5, 5.41) is 0. The number of hydrogen-bond donors (Lipinski definition) is 0. The molecule has 1 amide bonds. The quantitative estimate of drug-likeness (QED) is 0.159. The topological polar surface area (TPSA) is 79.6 Å². The van der Waals surface area contributed by atoms with Crippen molar-refractivity contribution < 1.29 is 23.5 Å². The maximum absolute atomic E-state index is 13.6. The van der Waals surface area contributed by atoms with Crippen molar-refractivity contribution in [3.05, 3.63) is 89.5 Å². The van der Waals surface area contributed by atoms with Crippen LogP contribution >= 0.6 is 0 Å². The Labute approximate surface area is 273 Å². The van der Waals surface area contributed by atoms with Crippen LogP contribution in [0.2, 0.25) is 0 Å². The molecule has 0 spiro atoms. The van der Waals surface area contributed by atoms with Crippen molar-refractivity contribution in [1.29, 1.82) is 0 Å². The first-order valence-corrected chi connectivity index (χ1v) is 16.3. The molecule has 0 bridgehead atoms. The molecule has 0 radical (unpaired) electrons. The van der Waals surface area contributed by atoms with Gasteiger partial charge in [-0.05, 0) is 86.2 Å². The lowest BCUT2D eigenvalue weighted by Crippen LogP contribution is -2.45. The number of piperazine rings is 1. The van der Waals surface area contributed by atoms with E-state index in [1.54, 1.807) is 25.3 Å². The van der Waals surface area contributed by atoms with Gasteiger partial charge in [-0.15, -0.1) is 0 Å². The number of rotatable bonds is 10. The zero-order valence-electron chi connectivity index (χ0n) is 26.5. The van der Waals surface area contributed by atoms with E-state index in [9.17, 15) is 14.0 Å². The van der Waals surface area contributed by atoms with Gasteiger partial charge in [0.05, 0.1) is 37.4 Å². The molecule has 2 aromatic carbocycles. The van der Waals surface area contributed by atoms with Gasteiger partial charge in [0.1, 0.15) is 23.3 Å². The van der Waals surface area contributed by atoms with Crippen LogP contribution < -0.4 is 14.4 Å². The second-order valence-corrected chi connectivity index (χ2v) is 12.2. The van der Waals surface area contributed by atoms with E-state index in [-0.39, 0.29) is 17.8 Å². The molecule has 3 aliphatic heterocycles. The van der Waals surface area contributed by atoms with Gasteiger partial charge in [0.2, 0.25) is 0 Å². The highest BCUT2D eigenvalue weighted by Crippen LogP contribution is 2.36. The van der Waals surface area contributed by atoms with Gasteiger partial charge in [0.15, 0.2) is 17.3 Å². The number of anilines is 1. The zero-order valence-corrected chi connectivity index (χ0v) is 26.5. The molecule has 0 N–H and O–H groups in total. The number of benzene rings is 2. The molecule has 5 heterocycles. The molecule has 2 aromatic heterocycles. The molecule has 47 heavy (non-hydrogen) atoms. The molecule has 9 nitrogen and oxygen atoms in total. The van der Waals surface area contributed by atoms with Crippen LogP contribution in [0, 0.1) is 5.82 Å². The highest BCUT2D eigenvalue weighted by Gasteiger charge is 2.32. The fourth-order valence-corrected chi connectivity index (χ4v) is 6.87. The molecule has 0 aliphatic carbocycles. The van der Waals surface area contributed by atoms with Gasteiger partial charge in [0, 0.05) is 37.9 Å². The summed E-state index contributed by atoms with van der Waals surface area (Å²) >= 11 is 0. The van der Waals surface area contributed by atoms with E-state index < -0.39 is 0 Å². The molecule has 3 aliphatic rings. The van der Waals surface area contributed by atoms with Crippen molar-refractivity contribution in [2.24, 2.45) is 0 Å². The van der Waals surface area contributed by atoms with Gasteiger partial charge in [-0.3, -0.25) is 9.20 Å². The number of unbranched alkanes of at least 4 members (excludes halogenated alkanes) is 2. The molecule has 2 saturated heterocycles. The standard InChI is InChI=1S/C37H38FN5O4/c1-46-33-23-31-27(12-15-29-8-7-18-42(29)37(31)45)22-34(33)47-21-6-2-4-16-40-19-20-41(24-30(40)25-44)36-32-9-3-5-17-43(32)35(39-36)26-10-13-28(38)14-11-26/h3,5,9-15,17,22-23,29H,2,4,6-8,16,18-21,24H2,1H3/t29-/m0/s1. The van der Waals surface area contributed by atoms with Crippen LogP contribution in [0.4, 0.5) is 10.2 Å². The van der Waals surface area contributed by atoms with Crippen LogP contribution in [-0.4, -0.2) is 83.5 Å². The number of fused-ring (bicyclic) bond motifs is 3. The lowest BCUT2D eigenvalue weighted by Gasteiger charge is -2.36. The number of halogens is 1. The minimum atomic E-state index is -0.291. The fourth-order valence-electron chi connectivity index (χ4n) is 6.87. The SMILES string of the molecule is COc1cc2c(cc1OCCCCCN1CCN(c3nc(-c4ccc(F)cc4)n4ccccc34)CC1=C=O)C=C[C@@H]1CCCN1C2=O. The second-order valence-electron chi connectivity index (χ2n) is 12.2. The highest BCUT2D eigenvalue weighted by atomic mass is 19.1. The molecule has 10 heteroatoms. The van der Waals surface area contributed by atoms with Gasteiger partial charge >= 0.3 is 0 Å². The van der Waals surface area contributed by atoms with Crippen LogP contribution in [0.3, 0.4) is 0 Å². The lowest BCUT2D eigenvalue weighted by molar-refractivity contribution is 0.0763. The average Bonchev–Trinajstić information content (AvgIpc) is 3.71. The summed E-state index contributed by atoms with van der Waals surface area (Å²) in [7, 11) is 1.60. The molecule has 0 saturated carbocycles. The zero-order chi connectivity index (χ0) is 32.3. The summed E-state index contributed by atoms with van der Waals surface area (Å²) in [6.45, 7) is 3.90. The van der Waals surface area contributed by atoms with E-state index in [1.165, 1.54) is 12.1 Å². The van der Waals surface area contributed by atoms with Crippen molar-refractivity contribution >= 4 is 29.3 Å². The monoisotopic (exact) mass is 635 g/mol. The van der Waals surface area contributed by atoms with Gasteiger partial charge < -0.3 is 24.2 Å². The predicted molar refractivity (Wildman–Crippen MR) is 179 cm³/mol. The summed E-state index contributed by atoms with van der Waals surface area (Å²) in [4.78, 5) is 36.3. The maximum Gasteiger partial charge on any atom is 0.255 e. The van der Waals surface area contributed by atoms with Gasteiger partial charge in [-0.2, -0.15) is 0 Å². The number of hydrogen-bond acceptors (Lipinski definition) is 7. The number of nitrogens with zero attached hydrogens (tertiary/aromatic N) is 5. The molecule has 4 aromatic rings. The first kappa shape index (κ1) is 30.6. The van der Waals surface area contributed by atoms with Crippen molar-refractivity contribution in [1.82, 2.24) is 19.2 Å². The minimum absolute atomic E-state index is 0.0509. The Bertz CT molecular complexity index is 1860. The summed E-state index contributed by atoms with van der Waals surface area (Å²) < 4.78 is 27.3. The van der Waals surface area contributed by atoms with Gasteiger partial charge in [0.25, 0.3) is 5.91 Å². The normalized spacial score (nSPS) is 17.5. The Kier molecular flexibility index (Phi) is 8.68. The van der Waals surface area contributed by atoms with Crippen LogP contribution in [0.25, 0.3) is 23.0 Å². The number of methoxy groups -OCH3 is 1. The average molecular weight is 636 g/mol. The Morgan fingerprint density at radius 3 is 2.72 bits per heavy atom. The summed E-state index contributed by atoms with van der Waals surface area (Å²) in [6.07, 6.45) is 10.8. The van der Waals surface area contributed by atoms with E-state index in [2.05, 4.69) is 21.8 Å². The van der Waals surface area contributed by atoms with E-state index >= 15 is 0 Å². The first-order valence-electron chi connectivity index (χ1n) is 16.3.